The molecule has 1 aromatic heterocycles. The fourth-order valence-corrected chi connectivity index (χ4v) is 2.59. The molecule has 0 fully saturated rings. The van der Waals surface area contributed by atoms with E-state index in [0.29, 0.717) is 5.56 Å². The molecule has 98 valence electrons. The number of carbonyl (C=O) groups excluding carboxylic acids is 1. The zero-order valence-corrected chi connectivity index (χ0v) is 12.7. The van der Waals surface area contributed by atoms with Gasteiger partial charge in [-0.05, 0) is 58.3 Å². The number of anilines is 1. The van der Waals surface area contributed by atoms with Crippen molar-refractivity contribution >= 4 is 45.0 Å². The van der Waals surface area contributed by atoms with Gasteiger partial charge < -0.3 is 5.32 Å². The van der Waals surface area contributed by atoms with Gasteiger partial charge in [-0.25, -0.2) is 0 Å². The number of hydrogen-bond acceptors (Lipinski definition) is 2. The van der Waals surface area contributed by atoms with E-state index in [0.717, 1.165) is 20.0 Å². The fourth-order valence-electron chi connectivity index (χ4n) is 2.05. The van der Waals surface area contributed by atoms with Gasteiger partial charge >= 0.3 is 0 Å². The van der Waals surface area contributed by atoms with Crippen LogP contribution in [0.1, 0.15) is 10.4 Å². The number of rotatable bonds is 2. The second-order valence-corrected chi connectivity index (χ2v) is 5.61. The van der Waals surface area contributed by atoms with E-state index in [2.05, 4.69) is 32.9 Å². The van der Waals surface area contributed by atoms with Gasteiger partial charge in [-0.2, -0.15) is 0 Å². The zero-order valence-electron chi connectivity index (χ0n) is 10.5. The maximum Gasteiger partial charge on any atom is 0.255 e. The molecule has 0 aliphatic rings. The van der Waals surface area contributed by atoms with E-state index in [-0.39, 0.29) is 5.91 Å². The van der Waals surface area contributed by atoms with Crippen LogP contribution in [0.4, 0.5) is 5.69 Å². The van der Waals surface area contributed by atoms with Crippen LogP contribution in [0.3, 0.4) is 0 Å². The van der Waals surface area contributed by atoms with Crippen LogP contribution in [0.2, 0.25) is 0 Å². The summed E-state index contributed by atoms with van der Waals surface area (Å²) in [6.45, 7) is 0. The highest BCUT2D eigenvalue weighted by molar-refractivity contribution is 14.1. The Morgan fingerprint density at radius 2 is 1.95 bits per heavy atom. The summed E-state index contributed by atoms with van der Waals surface area (Å²) in [5.41, 5.74) is 1.43. The lowest BCUT2D eigenvalue weighted by molar-refractivity contribution is 0.102. The minimum atomic E-state index is -0.111. The molecule has 0 bridgehead atoms. The third-order valence-electron chi connectivity index (χ3n) is 3.02. The maximum atomic E-state index is 12.3. The molecule has 3 nitrogen and oxygen atoms in total. The predicted molar refractivity (Wildman–Crippen MR) is 88.9 cm³/mol. The molecule has 3 rings (SSSR count). The van der Waals surface area contributed by atoms with E-state index in [4.69, 9.17) is 0 Å². The van der Waals surface area contributed by atoms with Crippen molar-refractivity contribution in [2.75, 3.05) is 5.32 Å². The molecule has 1 heterocycles. The van der Waals surface area contributed by atoms with Gasteiger partial charge in [0.2, 0.25) is 0 Å². The number of nitrogens with one attached hydrogen (secondary N) is 1. The number of hydrogen-bond donors (Lipinski definition) is 1. The lowest BCUT2D eigenvalue weighted by Crippen LogP contribution is -2.12. The van der Waals surface area contributed by atoms with E-state index in [1.54, 1.807) is 18.5 Å². The Balaban J connectivity index is 1.95. The van der Waals surface area contributed by atoms with Crippen LogP contribution < -0.4 is 5.32 Å². The molecule has 0 aliphatic heterocycles. The molecule has 4 heteroatoms. The van der Waals surface area contributed by atoms with Crippen molar-refractivity contribution in [2.45, 2.75) is 0 Å². The van der Waals surface area contributed by atoms with E-state index in [1.165, 1.54) is 0 Å². The lowest BCUT2D eigenvalue weighted by Gasteiger charge is -2.08. The largest absolute Gasteiger partial charge is 0.321 e. The quantitative estimate of drug-likeness (QED) is 0.687. The van der Waals surface area contributed by atoms with Crippen LogP contribution in [0.15, 0.2) is 60.9 Å². The molecular formula is C16H11IN2O. The summed E-state index contributed by atoms with van der Waals surface area (Å²) >= 11 is 2.19. The highest BCUT2D eigenvalue weighted by Crippen LogP contribution is 2.22. The average Bonchev–Trinajstić information content (AvgIpc) is 2.47. The summed E-state index contributed by atoms with van der Waals surface area (Å²) in [7, 11) is 0. The smallest absolute Gasteiger partial charge is 0.255 e. The van der Waals surface area contributed by atoms with Crippen molar-refractivity contribution in [3.63, 3.8) is 0 Å². The third kappa shape index (κ3) is 2.65. The van der Waals surface area contributed by atoms with Crippen LogP contribution >= 0.6 is 22.6 Å². The number of pyridine rings is 1. The van der Waals surface area contributed by atoms with Crippen molar-refractivity contribution in [1.29, 1.82) is 0 Å². The van der Waals surface area contributed by atoms with Crippen molar-refractivity contribution in [3.05, 3.63) is 70.1 Å². The first-order valence-electron chi connectivity index (χ1n) is 6.14. The van der Waals surface area contributed by atoms with Crippen LogP contribution in [0.5, 0.6) is 0 Å². The van der Waals surface area contributed by atoms with Gasteiger partial charge in [-0.3, -0.25) is 9.78 Å². The van der Waals surface area contributed by atoms with Crippen LogP contribution in [0, 0.1) is 3.57 Å². The first kappa shape index (κ1) is 13.1. The Morgan fingerprint density at radius 3 is 2.80 bits per heavy atom. The number of benzene rings is 2. The Kier molecular flexibility index (Phi) is 3.64. The van der Waals surface area contributed by atoms with Gasteiger partial charge in [0, 0.05) is 26.9 Å². The van der Waals surface area contributed by atoms with Gasteiger partial charge in [0.05, 0.1) is 5.69 Å². The lowest BCUT2D eigenvalue weighted by atomic mass is 10.1. The normalized spacial score (nSPS) is 10.4. The maximum absolute atomic E-state index is 12.3. The number of aromatic nitrogens is 1. The average molecular weight is 374 g/mol. The standard InChI is InChI=1S/C16H11IN2O/c17-13-5-1-4-12(9-13)16(20)19-15-6-2-3-11-7-8-18-10-14(11)15/h1-10H,(H,19,20). The first-order chi connectivity index (χ1) is 9.74. The molecule has 3 aromatic rings. The summed E-state index contributed by atoms with van der Waals surface area (Å²) in [6, 6.07) is 15.2. The van der Waals surface area contributed by atoms with Gasteiger partial charge in [0.1, 0.15) is 0 Å². The number of fused-ring (bicyclic) bond motifs is 1. The molecule has 0 unspecified atom stereocenters. The van der Waals surface area contributed by atoms with Crippen LogP contribution in [0.25, 0.3) is 10.8 Å². The van der Waals surface area contributed by atoms with E-state index in [1.807, 2.05) is 42.5 Å². The topological polar surface area (TPSA) is 42.0 Å². The highest BCUT2D eigenvalue weighted by atomic mass is 127. The molecule has 2 aromatic carbocycles. The molecule has 0 spiro atoms. The Labute approximate surface area is 130 Å². The molecule has 0 aliphatic carbocycles. The molecule has 0 atom stereocenters. The minimum Gasteiger partial charge on any atom is -0.321 e. The molecule has 20 heavy (non-hydrogen) atoms. The second-order valence-electron chi connectivity index (χ2n) is 4.37. The van der Waals surface area contributed by atoms with Crippen LogP contribution in [-0.2, 0) is 0 Å². The minimum absolute atomic E-state index is 0.111. The Hall–Kier alpha value is -1.95. The second kappa shape index (κ2) is 5.58. The SMILES string of the molecule is O=C(Nc1cccc2ccncc12)c1cccc(I)c1. The van der Waals surface area contributed by atoms with Gasteiger partial charge in [0.25, 0.3) is 5.91 Å². The van der Waals surface area contributed by atoms with Gasteiger partial charge in [-0.1, -0.05) is 18.2 Å². The predicted octanol–water partition coefficient (Wildman–Crippen LogP) is 4.09. The summed E-state index contributed by atoms with van der Waals surface area (Å²) < 4.78 is 1.04. The summed E-state index contributed by atoms with van der Waals surface area (Å²) in [5, 5.41) is 4.94. The monoisotopic (exact) mass is 374 g/mol. The number of carbonyl (C=O) groups is 1. The molecule has 0 saturated carbocycles. The highest BCUT2D eigenvalue weighted by Gasteiger charge is 2.08. The molecule has 0 radical (unpaired) electrons. The van der Waals surface area contributed by atoms with E-state index < -0.39 is 0 Å². The first-order valence-corrected chi connectivity index (χ1v) is 7.21. The van der Waals surface area contributed by atoms with Crippen molar-refractivity contribution < 1.29 is 4.79 Å². The molecule has 0 saturated heterocycles. The Bertz CT molecular complexity index is 781. The Morgan fingerprint density at radius 1 is 1.10 bits per heavy atom. The summed E-state index contributed by atoms with van der Waals surface area (Å²) in [4.78, 5) is 16.4. The zero-order chi connectivity index (χ0) is 13.9. The van der Waals surface area contributed by atoms with Crippen molar-refractivity contribution in [2.24, 2.45) is 0 Å². The number of halogens is 1. The van der Waals surface area contributed by atoms with Crippen LogP contribution in [-0.4, -0.2) is 10.9 Å². The summed E-state index contributed by atoms with van der Waals surface area (Å²) in [5.74, 6) is -0.111. The van der Waals surface area contributed by atoms with E-state index >= 15 is 0 Å². The summed E-state index contributed by atoms with van der Waals surface area (Å²) in [6.07, 6.45) is 3.51. The van der Waals surface area contributed by atoms with Gasteiger partial charge in [-0.15, -0.1) is 0 Å². The third-order valence-corrected chi connectivity index (χ3v) is 3.69. The van der Waals surface area contributed by atoms with E-state index in [9.17, 15) is 4.79 Å². The van der Waals surface area contributed by atoms with Crippen molar-refractivity contribution in [1.82, 2.24) is 4.98 Å². The fraction of sp³-hybridized carbons (Fsp3) is 0. The van der Waals surface area contributed by atoms with Crippen molar-refractivity contribution in [3.8, 4) is 0 Å². The van der Waals surface area contributed by atoms with Gasteiger partial charge in [0.15, 0.2) is 0 Å². The molecule has 1 N–H and O–H groups in total. The number of amides is 1. The number of nitrogens with zero attached hydrogens (tertiary/aromatic N) is 1. The molecular weight excluding hydrogens is 363 g/mol. The molecule has 1 amide bonds.